The molecule has 1 N–H and O–H groups in total. The van der Waals surface area contributed by atoms with Gasteiger partial charge >= 0.3 is 33.2 Å². The first kappa shape index (κ1) is 19.3. The average Bonchev–Trinajstić information content (AvgIpc) is 2.33. The fourth-order valence-electron chi connectivity index (χ4n) is 0.783. The Balaban J connectivity index is 4.86. The molecule has 1 atom stereocenters. The molecule has 12 heteroatoms. The van der Waals surface area contributed by atoms with Gasteiger partial charge in [-0.25, -0.2) is 9.59 Å². The highest BCUT2D eigenvalue weighted by Gasteiger charge is 2.52. The maximum atomic E-state index is 13.3. The van der Waals surface area contributed by atoms with E-state index in [2.05, 4.69) is 16.1 Å². The van der Waals surface area contributed by atoms with Gasteiger partial charge in [0, 0.05) is 6.08 Å². The molecule has 0 saturated carbocycles. The first-order chi connectivity index (χ1) is 9.25. The van der Waals surface area contributed by atoms with Gasteiger partial charge in [-0.2, -0.15) is 26.0 Å². The summed E-state index contributed by atoms with van der Waals surface area (Å²) in [7, 11) is -5.94. The number of alkyl halides is 4. The second-order valence-electron chi connectivity index (χ2n) is 3.59. The lowest BCUT2D eigenvalue weighted by Gasteiger charge is -2.22. The Kier molecular flexibility index (Phi) is 5.87. The quantitative estimate of drug-likeness (QED) is 0.316. The Morgan fingerprint density at radius 3 is 2.19 bits per heavy atom. The summed E-state index contributed by atoms with van der Waals surface area (Å²) in [5.74, 6) is -8.39. The van der Waals surface area contributed by atoms with Gasteiger partial charge in [0.05, 0.1) is 0 Å². The maximum Gasteiger partial charge on any atom is 0.402 e. The van der Waals surface area contributed by atoms with Crippen LogP contribution in [-0.4, -0.2) is 48.8 Å². The molecule has 0 aliphatic carbocycles. The third-order valence-corrected chi connectivity index (χ3v) is 2.86. The van der Waals surface area contributed by atoms with Gasteiger partial charge in [-0.1, -0.05) is 6.58 Å². The van der Waals surface area contributed by atoms with E-state index in [-0.39, 0.29) is 0 Å². The number of carbonyl (C=O) groups excluding carboxylic acids is 2. The molecule has 0 aromatic heterocycles. The zero-order valence-corrected chi connectivity index (χ0v) is 11.2. The molecule has 0 aliphatic heterocycles. The van der Waals surface area contributed by atoms with Crippen LogP contribution >= 0.6 is 0 Å². The van der Waals surface area contributed by atoms with Crippen molar-refractivity contribution >= 4 is 22.1 Å². The minimum Gasteiger partial charge on any atom is -0.453 e. The maximum absolute atomic E-state index is 13.3. The van der Waals surface area contributed by atoms with Gasteiger partial charge in [0.2, 0.25) is 0 Å². The second-order valence-corrected chi connectivity index (χ2v) is 5.14. The van der Waals surface area contributed by atoms with E-state index in [1.54, 1.807) is 0 Å². The Morgan fingerprint density at radius 2 is 1.81 bits per heavy atom. The zero-order chi connectivity index (χ0) is 17.1. The first-order valence-electron chi connectivity index (χ1n) is 4.98. The van der Waals surface area contributed by atoms with E-state index in [9.17, 15) is 35.6 Å². The lowest BCUT2D eigenvalue weighted by molar-refractivity contribution is -0.197. The van der Waals surface area contributed by atoms with Crippen molar-refractivity contribution in [2.24, 2.45) is 0 Å². The van der Waals surface area contributed by atoms with Crippen LogP contribution in [0.1, 0.15) is 6.92 Å². The summed E-state index contributed by atoms with van der Waals surface area (Å²) in [5, 5.41) is -4.96. The van der Waals surface area contributed by atoms with Crippen molar-refractivity contribution < 1.29 is 49.6 Å². The minimum atomic E-state index is -5.94. The first-order valence-corrected chi connectivity index (χ1v) is 6.42. The molecule has 0 rings (SSSR count). The highest BCUT2D eigenvalue weighted by molar-refractivity contribution is 7.86. The standard InChI is InChI=1S/C9H10F4O7S/c1-3-6(14)20-5(2)9(12,13)7(15)19-4-8(10,11)21(16,17)18/h3,5H,1,4H2,2H3,(H,16,17,18). The normalized spacial score (nSPS) is 14.2. The van der Waals surface area contributed by atoms with Crippen molar-refractivity contribution in [1.29, 1.82) is 0 Å². The molecule has 0 radical (unpaired) electrons. The molecule has 0 aromatic carbocycles. The summed E-state index contributed by atoms with van der Waals surface area (Å²) in [4.78, 5) is 21.6. The molecular formula is C9H10F4O7S. The number of esters is 2. The predicted molar refractivity (Wildman–Crippen MR) is 58.2 cm³/mol. The summed E-state index contributed by atoms with van der Waals surface area (Å²) in [6, 6.07) is 0. The molecule has 0 aliphatic rings. The molecule has 7 nitrogen and oxygen atoms in total. The Hall–Kier alpha value is -1.69. The van der Waals surface area contributed by atoms with Crippen LogP contribution in [0.4, 0.5) is 17.6 Å². The van der Waals surface area contributed by atoms with E-state index < -0.39 is 45.9 Å². The highest BCUT2D eigenvalue weighted by Crippen LogP contribution is 2.26. The molecule has 0 amide bonds. The third-order valence-electron chi connectivity index (χ3n) is 1.99. The van der Waals surface area contributed by atoms with Crippen LogP contribution in [0.3, 0.4) is 0 Å². The van der Waals surface area contributed by atoms with E-state index in [1.807, 2.05) is 0 Å². The van der Waals surface area contributed by atoms with E-state index in [4.69, 9.17) is 4.55 Å². The van der Waals surface area contributed by atoms with E-state index in [0.29, 0.717) is 13.0 Å². The zero-order valence-electron chi connectivity index (χ0n) is 10.4. The molecule has 0 bridgehead atoms. The van der Waals surface area contributed by atoms with E-state index in [0.717, 1.165) is 0 Å². The highest BCUT2D eigenvalue weighted by atomic mass is 32.2. The van der Waals surface area contributed by atoms with E-state index in [1.165, 1.54) is 0 Å². The van der Waals surface area contributed by atoms with Crippen molar-refractivity contribution in [3.05, 3.63) is 12.7 Å². The topological polar surface area (TPSA) is 107 Å². The van der Waals surface area contributed by atoms with Gasteiger partial charge in [0.15, 0.2) is 12.7 Å². The molecule has 0 aromatic rings. The van der Waals surface area contributed by atoms with Crippen molar-refractivity contribution in [2.45, 2.75) is 24.2 Å². The summed E-state index contributed by atoms with van der Waals surface area (Å²) in [6.45, 7) is 1.15. The summed E-state index contributed by atoms with van der Waals surface area (Å²) in [6.07, 6.45) is -1.86. The van der Waals surface area contributed by atoms with E-state index >= 15 is 0 Å². The van der Waals surface area contributed by atoms with Gasteiger partial charge in [-0.15, -0.1) is 0 Å². The lowest BCUT2D eigenvalue weighted by atomic mass is 10.2. The van der Waals surface area contributed by atoms with Gasteiger partial charge in [0.1, 0.15) is 0 Å². The van der Waals surface area contributed by atoms with Gasteiger partial charge in [-0.3, -0.25) is 4.55 Å². The van der Waals surface area contributed by atoms with Crippen LogP contribution in [0.5, 0.6) is 0 Å². The van der Waals surface area contributed by atoms with Crippen molar-refractivity contribution in [3.8, 4) is 0 Å². The number of halogens is 4. The smallest absolute Gasteiger partial charge is 0.402 e. The molecular weight excluding hydrogens is 328 g/mol. The van der Waals surface area contributed by atoms with Crippen LogP contribution in [-0.2, 0) is 29.2 Å². The molecule has 0 fully saturated rings. The van der Waals surface area contributed by atoms with Crippen LogP contribution in [0.15, 0.2) is 12.7 Å². The van der Waals surface area contributed by atoms with Gasteiger partial charge in [-0.05, 0) is 6.92 Å². The van der Waals surface area contributed by atoms with Crippen LogP contribution < -0.4 is 0 Å². The number of rotatable bonds is 7. The molecule has 0 saturated heterocycles. The fourth-order valence-corrected chi connectivity index (χ4v) is 0.990. The average molecular weight is 338 g/mol. The molecule has 1 unspecified atom stereocenters. The number of ether oxygens (including phenoxy) is 2. The summed E-state index contributed by atoms with van der Waals surface area (Å²) >= 11 is 0. The summed E-state index contributed by atoms with van der Waals surface area (Å²) in [5.41, 5.74) is 0. The third kappa shape index (κ3) is 4.97. The van der Waals surface area contributed by atoms with Gasteiger partial charge < -0.3 is 9.47 Å². The monoisotopic (exact) mass is 338 g/mol. The van der Waals surface area contributed by atoms with Crippen LogP contribution in [0.2, 0.25) is 0 Å². The Bertz CT molecular complexity index is 528. The van der Waals surface area contributed by atoms with Gasteiger partial charge in [0.25, 0.3) is 0 Å². The minimum absolute atomic E-state index is 0.518. The SMILES string of the molecule is C=CC(=O)OC(C)C(F)(F)C(=O)OCC(F)(F)S(=O)(=O)O. The van der Waals surface area contributed by atoms with Crippen molar-refractivity contribution in [2.75, 3.05) is 6.61 Å². The lowest BCUT2D eigenvalue weighted by Crippen LogP contribution is -2.45. The second kappa shape index (κ2) is 6.39. The number of hydrogen-bond acceptors (Lipinski definition) is 6. The number of hydrogen-bond donors (Lipinski definition) is 1. The molecule has 122 valence electrons. The largest absolute Gasteiger partial charge is 0.453 e. The van der Waals surface area contributed by atoms with Crippen LogP contribution in [0, 0.1) is 0 Å². The van der Waals surface area contributed by atoms with Crippen LogP contribution in [0.25, 0.3) is 0 Å². The van der Waals surface area contributed by atoms with Crippen molar-refractivity contribution in [3.63, 3.8) is 0 Å². The Morgan fingerprint density at radius 1 is 1.33 bits per heavy atom. The molecule has 21 heavy (non-hydrogen) atoms. The van der Waals surface area contributed by atoms with Crippen molar-refractivity contribution in [1.82, 2.24) is 0 Å². The Labute approximate surface area is 116 Å². The number of carbonyl (C=O) groups is 2. The fraction of sp³-hybridized carbons (Fsp3) is 0.556. The molecule has 0 spiro atoms. The molecule has 0 heterocycles. The predicted octanol–water partition coefficient (Wildman–Crippen LogP) is 0.763. The summed E-state index contributed by atoms with van der Waals surface area (Å²) < 4.78 is 87.9.